The van der Waals surface area contributed by atoms with Crippen LogP contribution >= 0.6 is 0 Å². The molecule has 3 aromatic rings. The monoisotopic (exact) mass is 391 g/mol. The van der Waals surface area contributed by atoms with Gasteiger partial charge in [-0.25, -0.2) is 4.98 Å². The Balaban J connectivity index is 1.52. The highest BCUT2D eigenvalue weighted by molar-refractivity contribution is 5.77. The minimum atomic E-state index is 0.0697. The number of aromatic nitrogens is 2. The number of nitrogens with zero attached hydrogens (tertiary/aromatic N) is 3. The van der Waals surface area contributed by atoms with Crippen LogP contribution in [0.4, 0.5) is 0 Å². The molecule has 0 aliphatic carbocycles. The molecule has 5 nitrogen and oxygen atoms in total. The Labute approximate surface area is 172 Å². The summed E-state index contributed by atoms with van der Waals surface area (Å²) in [5.41, 5.74) is 4.55. The van der Waals surface area contributed by atoms with Crippen molar-refractivity contribution >= 4 is 16.9 Å². The molecule has 0 N–H and O–H groups in total. The number of likely N-dealkylation sites (tertiary alicyclic amines) is 1. The largest absolute Gasteiger partial charge is 0.494 e. The van der Waals surface area contributed by atoms with Crippen LogP contribution in [0.1, 0.15) is 49.2 Å². The van der Waals surface area contributed by atoms with Crippen molar-refractivity contribution in [2.24, 2.45) is 0 Å². The smallest absolute Gasteiger partial charge is 0.220 e. The first-order valence-electron chi connectivity index (χ1n) is 10.5. The van der Waals surface area contributed by atoms with E-state index in [0.717, 1.165) is 55.0 Å². The Kier molecular flexibility index (Phi) is 5.56. The summed E-state index contributed by atoms with van der Waals surface area (Å²) in [4.78, 5) is 19.0. The Bertz CT molecular complexity index is 1000. The molecule has 0 spiro atoms. The maximum Gasteiger partial charge on any atom is 0.220 e. The maximum atomic E-state index is 12.1. The summed E-state index contributed by atoms with van der Waals surface area (Å²) in [6.45, 7) is 8.12. The predicted octanol–water partition coefficient (Wildman–Crippen LogP) is 4.81. The fourth-order valence-electron chi connectivity index (χ4n) is 4.42. The van der Waals surface area contributed by atoms with Gasteiger partial charge in [0.1, 0.15) is 11.6 Å². The standard InChI is InChI=1S/C24H29N3O2/c1-17-14-18(2)16-20(15-17)29-13-7-12-27-22-9-5-4-8-21(22)25-24(27)23-10-6-11-26(23)19(3)28/h4-5,8-9,14-16,23H,6-7,10-13H2,1-3H3. The highest BCUT2D eigenvalue weighted by atomic mass is 16.5. The molecule has 1 fully saturated rings. The first kappa shape index (κ1) is 19.5. The normalized spacial score (nSPS) is 16.5. The van der Waals surface area contributed by atoms with Gasteiger partial charge in [0.25, 0.3) is 0 Å². The third-order valence-electron chi connectivity index (χ3n) is 5.63. The number of ether oxygens (including phenoxy) is 1. The van der Waals surface area contributed by atoms with Crippen molar-refractivity contribution in [2.75, 3.05) is 13.2 Å². The van der Waals surface area contributed by atoms with Crippen LogP contribution in [0.2, 0.25) is 0 Å². The second-order valence-corrected chi connectivity index (χ2v) is 8.01. The van der Waals surface area contributed by atoms with E-state index >= 15 is 0 Å². The zero-order chi connectivity index (χ0) is 20.4. The molecule has 0 saturated carbocycles. The lowest BCUT2D eigenvalue weighted by molar-refractivity contribution is -0.129. The van der Waals surface area contributed by atoms with Crippen molar-refractivity contribution in [2.45, 2.75) is 52.6 Å². The van der Waals surface area contributed by atoms with E-state index in [-0.39, 0.29) is 11.9 Å². The number of imidazole rings is 1. The fraction of sp³-hybridized carbons (Fsp3) is 0.417. The lowest BCUT2D eigenvalue weighted by Crippen LogP contribution is -2.30. The lowest BCUT2D eigenvalue weighted by Gasteiger charge is -2.24. The highest BCUT2D eigenvalue weighted by Gasteiger charge is 2.32. The Hall–Kier alpha value is -2.82. The zero-order valence-corrected chi connectivity index (χ0v) is 17.5. The number of rotatable bonds is 6. The Morgan fingerprint density at radius 1 is 1.17 bits per heavy atom. The van der Waals surface area contributed by atoms with Gasteiger partial charge in [0.15, 0.2) is 0 Å². The van der Waals surface area contributed by atoms with Crippen LogP contribution in [0.15, 0.2) is 42.5 Å². The molecule has 1 amide bonds. The van der Waals surface area contributed by atoms with E-state index in [9.17, 15) is 4.79 Å². The van der Waals surface area contributed by atoms with Gasteiger partial charge in [0.05, 0.1) is 23.7 Å². The number of aryl methyl sites for hydroxylation is 3. The molecule has 4 rings (SSSR count). The van der Waals surface area contributed by atoms with Crippen LogP contribution in [0.25, 0.3) is 11.0 Å². The van der Waals surface area contributed by atoms with Gasteiger partial charge in [-0.05, 0) is 68.5 Å². The number of hydrogen-bond donors (Lipinski definition) is 0. The van der Waals surface area contributed by atoms with E-state index in [1.54, 1.807) is 6.92 Å². The van der Waals surface area contributed by atoms with E-state index in [1.807, 2.05) is 17.0 Å². The van der Waals surface area contributed by atoms with Crippen LogP contribution in [0.5, 0.6) is 5.75 Å². The second-order valence-electron chi connectivity index (χ2n) is 8.01. The zero-order valence-electron chi connectivity index (χ0n) is 17.5. The Morgan fingerprint density at radius 3 is 2.69 bits per heavy atom. The number of benzene rings is 2. The van der Waals surface area contributed by atoms with Gasteiger partial charge >= 0.3 is 0 Å². The van der Waals surface area contributed by atoms with Crippen molar-refractivity contribution in [1.82, 2.24) is 14.5 Å². The third-order valence-corrected chi connectivity index (χ3v) is 5.63. The van der Waals surface area contributed by atoms with Crippen LogP contribution < -0.4 is 4.74 Å². The lowest BCUT2D eigenvalue weighted by atomic mass is 10.1. The summed E-state index contributed by atoms with van der Waals surface area (Å²) in [6, 6.07) is 14.6. The van der Waals surface area contributed by atoms with E-state index < -0.39 is 0 Å². The number of fused-ring (bicyclic) bond motifs is 1. The fourth-order valence-corrected chi connectivity index (χ4v) is 4.42. The minimum Gasteiger partial charge on any atom is -0.494 e. The van der Waals surface area contributed by atoms with Gasteiger partial charge in [-0.3, -0.25) is 4.79 Å². The number of hydrogen-bond acceptors (Lipinski definition) is 3. The first-order chi connectivity index (χ1) is 14.0. The molecule has 2 heterocycles. The molecule has 1 aliphatic heterocycles. The molecule has 1 atom stereocenters. The van der Waals surface area contributed by atoms with Crippen molar-refractivity contribution < 1.29 is 9.53 Å². The summed E-state index contributed by atoms with van der Waals surface area (Å²) < 4.78 is 8.29. The number of para-hydroxylation sites is 2. The van der Waals surface area contributed by atoms with Crippen molar-refractivity contribution in [1.29, 1.82) is 0 Å². The predicted molar refractivity (Wildman–Crippen MR) is 115 cm³/mol. The van der Waals surface area contributed by atoms with Gasteiger partial charge in [-0.2, -0.15) is 0 Å². The number of carbonyl (C=O) groups is 1. The molecular weight excluding hydrogens is 362 g/mol. The molecule has 5 heteroatoms. The van der Waals surface area contributed by atoms with Gasteiger partial charge in [0.2, 0.25) is 5.91 Å². The van der Waals surface area contributed by atoms with Crippen LogP contribution in [0, 0.1) is 13.8 Å². The maximum absolute atomic E-state index is 12.1. The molecule has 2 aromatic carbocycles. The van der Waals surface area contributed by atoms with Gasteiger partial charge in [0, 0.05) is 20.0 Å². The minimum absolute atomic E-state index is 0.0697. The van der Waals surface area contributed by atoms with Gasteiger partial charge < -0.3 is 14.2 Å². The molecule has 0 radical (unpaired) electrons. The molecule has 1 saturated heterocycles. The molecular formula is C24H29N3O2. The van der Waals surface area contributed by atoms with E-state index in [4.69, 9.17) is 9.72 Å². The van der Waals surface area contributed by atoms with E-state index in [1.165, 1.54) is 11.1 Å². The third kappa shape index (κ3) is 4.14. The average Bonchev–Trinajstić information content (AvgIpc) is 3.29. The molecule has 0 bridgehead atoms. The molecule has 1 aliphatic rings. The summed E-state index contributed by atoms with van der Waals surface area (Å²) in [6.07, 6.45) is 2.89. The Morgan fingerprint density at radius 2 is 1.93 bits per heavy atom. The molecule has 29 heavy (non-hydrogen) atoms. The van der Waals surface area contributed by atoms with Crippen LogP contribution in [0.3, 0.4) is 0 Å². The topological polar surface area (TPSA) is 47.4 Å². The summed E-state index contributed by atoms with van der Waals surface area (Å²) in [7, 11) is 0. The van der Waals surface area contributed by atoms with Crippen LogP contribution in [-0.2, 0) is 11.3 Å². The second kappa shape index (κ2) is 8.27. The van der Waals surface area contributed by atoms with Gasteiger partial charge in [-0.1, -0.05) is 18.2 Å². The van der Waals surface area contributed by atoms with Gasteiger partial charge in [-0.15, -0.1) is 0 Å². The first-order valence-corrected chi connectivity index (χ1v) is 10.5. The average molecular weight is 392 g/mol. The quantitative estimate of drug-likeness (QED) is 0.567. The molecule has 152 valence electrons. The number of amides is 1. The highest BCUT2D eigenvalue weighted by Crippen LogP contribution is 2.33. The summed E-state index contributed by atoms with van der Waals surface area (Å²) in [5, 5.41) is 0. The van der Waals surface area contributed by atoms with E-state index in [2.05, 4.69) is 48.7 Å². The summed E-state index contributed by atoms with van der Waals surface area (Å²) in [5.74, 6) is 2.06. The van der Waals surface area contributed by atoms with Crippen LogP contribution in [-0.4, -0.2) is 33.5 Å². The molecule has 1 unspecified atom stereocenters. The van der Waals surface area contributed by atoms with Crippen molar-refractivity contribution in [3.63, 3.8) is 0 Å². The van der Waals surface area contributed by atoms with E-state index in [0.29, 0.717) is 6.61 Å². The van der Waals surface area contributed by atoms with Crippen molar-refractivity contribution in [3.05, 3.63) is 59.4 Å². The number of carbonyl (C=O) groups excluding carboxylic acids is 1. The SMILES string of the molecule is CC(=O)N1CCCC1c1nc2ccccc2n1CCCOc1cc(C)cc(C)c1. The molecule has 1 aromatic heterocycles. The van der Waals surface area contributed by atoms with Crippen molar-refractivity contribution in [3.8, 4) is 5.75 Å². The summed E-state index contributed by atoms with van der Waals surface area (Å²) >= 11 is 0.